The zero-order valence-corrected chi connectivity index (χ0v) is 26.0. The number of rotatable bonds is 4. The van der Waals surface area contributed by atoms with Crippen molar-refractivity contribution in [2.24, 2.45) is 0 Å². The molecule has 2 nitrogen and oxygen atoms in total. The van der Waals surface area contributed by atoms with Crippen molar-refractivity contribution in [1.82, 2.24) is 0 Å². The molecule has 1 aliphatic rings. The molecule has 224 valence electrons. The van der Waals surface area contributed by atoms with E-state index >= 15 is 0 Å². The van der Waals surface area contributed by atoms with Gasteiger partial charge in [-0.05, 0) is 110 Å². The van der Waals surface area contributed by atoms with Crippen molar-refractivity contribution in [2.75, 3.05) is 0 Å². The molecule has 0 aliphatic carbocycles. The first-order valence-corrected chi connectivity index (χ1v) is 16.3. The summed E-state index contributed by atoms with van der Waals surface area (Å²) in [6.45, 7) is 0. The van der Waals surface area contributed by atoms with Crippen LogP contribution in [0.2, 0.25) is 0 Å². The zero-order chi connectivity index (χ0) is 31.6. The fourth-order valence-corrected chi connectivity index (χ4v) is 7.34. The van der Waals surface area contributed by atoms with Crippen molar-refractivity contribution < 1.29 is 9.15 Å². The fourth-order valence-electron chi connectivity index (χ4n) is 7.34. The minimum atomic E-state index is 0.870. The van der Waals surface area contributed by atoms with Gasteiger partial charge in [0.1, 0.15) is 22.7 Å². The van der Waals surface area contributed by atoms with Gasteiger partial charge in [0.15, 0.2) is 0 Å². The molecule has 10 rings (SSSR count). The van der Waals surface area contributed by atoms with Gasteiger partial charge in [-0.15, -0.1) is 0 Å². The van der Waals surface area contributed by atoms with Crippen molar-refractivity contribution in [1.29, 1.82) is 0 Å². The van der Waals surface area contributed by atoms with Crippen LogP contribution in [0.1, 0.15) is 0 Å². The molecule has 0 spiro atoms. The van der Waals surface area contributed by atoms with Crippen LogP contribution in [0.4, 0.5) is 0 Å². The minimum absolute atomic E-state index is 0.870. The van der Waals surface area contributed by atoms with Gasteiger partial charge in [-0.3, -0.25) is 0 Å². The van der Waals surface area contributed by atoms with Crippen LogP contribution in [0.3, 0.4) is 0 Å². The van der Waals surface area contributed by atoms with E-state index in [2.05, 4.69) is 158 Å². The van der Waals surface area contributed by atoms with Gasteiger partial charge in [-0.1, -0.05) is 115 Å². The topological polar surface area (TPSA) is 22.4 Å². The van der Waals surface area contributed by atoms with E-state index in [9.17, 15) is 0 Å². The lowest BCUT2D eigenvalue weighted by molar-refractivity contribution is 0.487. The standard InChI is InChI=1S/C46H28O2/c1-3-10-29(11-4-1)33-24-34(30-12-5-2-6-13-30)26-35(25-33)36-21-22-40-38-20-18-32(28-45(38)48-44-17-9-15-39(36)46(40)44)31-19-23-43-41(27-31)37-14-7-8-16-42(37)47-43/h1-28H. The highest BCUT2D eigenvalue weighted by atomic mass is 16.5. The highest BCUT2D eigenvalue weighted by Crippen LogP contribution is 2.50. The second-order valence-electron chi connectivity index (χ2n) is 12.5. The molecule has 0 saturated heterocycles. The Bertz CT molecular complexity index is 2630. The number of benzene rings is 8. The summed E-state index contributed by atoms with van der Waals surface area (Å²) in [5.41, 5.74) is 13.5. The Hall–Kier alpha value is -6.38. The maximum atomic E-state index is 6.71. The van der Waals surface area contributed by atoms with E-state index in [0.717, 1.165) is 55.5 Å². The van der Waals surface area contributed by atoms with E-state index in [1.807, 2.05) is 12.1 Å². The van der Waals surface area contributed by atoms with E-state index in [1.54, 1.807) is 0 Å². The van der Waals surface area contributed by atoms with Crippen LogP contribution < -0.4 is 4.74 Å². The highest BCUT2D eigenvalue weighted by Gasteiger charge is 2.23. The number of fused-ring (bicyclic) bond motifs is 5. The van der Waals surface area contributed by atoms with Crippen LogP contribution in [-0.4, -0.2) is 0 Å². The van der Waals surface area contributed by atoms with Gasteiger partial charge in [0.25, 0.3) is 0 Å². The van der Waals surface area contributed by atoms with Crippen LogP contribution in [0.25, 0.3) is 88.3 Å². The number of furan rings is 1. The average molecular weight is 613 g/mol. The third kappa shape index (κ3) is 4.27. The second kappa shape index (κ2) is 10.6. The van der Waals surface area contributed by atoms with Crippen molar-refractivity contribution in [3.63, 3.8) is 0 Å². The highest BCUT2D eigenvalue weighted by molar-refractivity contribution is 6.11. The van der Waals surface area contributed by atoms with Gasteiger partial charge in [0.05, 0.1) is 0 Å². The lowest BCUT2D eigenvalue weighted by atomic mass is 9.87. The third-order valence-corrected chi connectivity index (χ3v) is 9.66. The summed E-state index contributed by atoms with van der Waals surface area (Å²) < 4.78 is 12.8. The van der Waals surface area contributed by atoms with E-state index < -0.39 is 0 Å². The molecule has 0 fully saturated rings. The summed E-state index contributed by atoms with van der Waals surface area (Å²) in [5.74, 6) is 1.75. The van der Waals surface area contributed by atoms with E-state index in [1.165, 1.54) is 44.3 Å². The van der Waals surface area contributed by atoms with Crippen LogP contribution in [0.5, 0.6) is 11.5 Å². The molecule has 0 radical (unpaired) electrons. The molecule has 0 bridgehead atoms. The summed E-state index contributed by atoms with van der Waals surface area (Å²) in [5, 5.41) is 4.58. The van der Waals surface area contributed by atoms with Crippen LogP contribution in [0.15, 0.2) is 174 Å². The summed E-state index contributed by atoms with van der Waals surface area (Å²) in [4.78, 5) is 0. The van der Waals surface area contributed by atoms with Crippen molar-refractivity contribution >= 4 is 32.7 Å². The summed E-state index contributed by atoms with van der Waals surface area (Å²) in [6.07, 6.45) is 0. The molecule has 8 aromatic carbocycles. The summed E-state index contributed by atoms with van der Waals surface area (Å²) in [6, 6.07) is 60.4. The number of para-hydroxylation sites is 1. The Morgan fingerprint density at radius 2 is 0.896 bits per heavy atom. The maximum Gasteiger partial charge on any atom is 0.135 e. The predicted molar refractivity (Wildman–Crippen MR) is 198 cm³/mol. The quantitative estimate of drug-likeness (QED) is 0.197. The maximum absolute atomic E-state index is 6.71. The molecule has 1 aliphatic heterocycles. The monoisotopic (exact) mass is 612 g/mol. The smallest absolute Gasteiger partial charge is 0.135 e. The third-order valence-electron chi connectivity index (χ3n) is 9.66. The molecule has 2 heteroatoms. The zero-order valence-electron chi connectivity index (χ0n) is 26.0. The molecule has 0 unspecified atom stereocenters. The van der Waals surface area contributed by atoms with Gasteiger partial charge >= 0.3 is 0 Å². The molecule has 0 amide bonds. The molecular weight excluding hydrogens is 585 g/mol. The molecule has 2 heterocycles. The van der Waals surface area contributed by atoms with Gasteiger partial charge in [-0.25, -0.2) is 0 Å². The van der Waals surface area contributed by atoms with Crippen LogP contribution in [0, 0.1) is 0 Å². The lowest BCUT2D eigenvalue weighted by Gasteiger charge is -2.23. The van der Waals surface area contributed by atoms with E-state index in [4.69, 9.17) is 9.15 Å². The molecule has 1 aromatic heterocycles. The van der Waals surface area contributed by atoms with Gasteiger partial charge < -0.3 is 9.15 Å². The Labute approximate surface area is 278 Å². The second-order valence-corrected chi connectivity index (χ2v) is 12.5. The van der Waals surface area contributed by atoms with Crippen molar-refractivity contribution in [2.45, 2.75) is 0 Å². The Morgan fingerprint density at radius 1 is 0.292 bits per heavy atom. The van der Waals surface area contributed by atoms with Crippen molar-refractivity contribution in [3.05, 3.63) is 170 Å². The molecule has 9 aromatic rings. The normalized spacial score (nSPS) is 11.9. The Kier molecular flexibility index (Phi) is 5.91. The van der Waals surface area contributed by atoms with Gasteiger partial charge in [0, 0.05) is 21.7 Å². The van der Waals surface area contributed by atoms with Crippen molar-refractivity contribution in [3.8, 4) is 67.1 Å². The molecule has 0 atom stereocenters. The lowest BCUT2D eigenvalue weighted by Crippen LogP contribution is -1.98. The SMILES string of the molecule is c1ccc(-c2cc(-c3ccccc3)cc(-c3ccc4c5c(cccc35)Oc3cc(-c5ccc6oc7ccccc7c6c5)ccc3-4)c2)cc1. The first kappa shape index (κ1) is 26.8. The van der Waals surface area contributed by atoms with E-state index in [0.29, 0.717) is 0 Å². The largest absolute Gasteiger partial charge is 0.456 e. The molecule has 48 heavy (non-hydrogen) atoms. The number of hydrogen-bond donors (Lipinski definition) is 0. The number of hydrogen-bond acceptors (Lipinski definition) is 2. The average Bonchev–Trinajstić information content (AvgIpc) is 3.53. The minimum Gasteiger partial charge on any atom is -0.456 e. The molecule has 0 saturated carbocycles. The van der Waals surface area contributed by atoms with Crippen LogP contribution >= 0.6 is 0 Å². The molecule has 0 N–H and O–H groups in total. The van der Waals surface area contributed by atoms with Crippen LogP contribution in [-0.2, 0) is 0 Å². The molecular formula is C46H28O2. The first-order valence-electron chi connectivity index (χ1n) is 16.3. The van der Waals surface area contributed by atoms with Gasteiger partial charge in [0.2, 0.25) is 0 Å². The predicted octanol–water partition coefficient (Wildman–Crippen LogP) is 13.2. The summed E-state index contributed by atoms with van der Waals surface area (Å²) >= 11 is 0. The van der Waals surface area contributed by atoms with Gasteiger partial charge in [-0.2, -0.15) is 0 Å². The van der Waals surface area contributed by atoms with E-state index in [-0.39, 0.29) is 0 Å². The number of ether oxygens (including phenoxy) is 1. The Morgan fingerprint density at radius 3 is 1.69 bits per heavy atom. The fraction of sp³-hybridized carbons (Fsp3) is 0. The Balaban J connectivity index is 1.11. The first-order chi connectivity index (χ1) is 23.8. The summed E-state index contributed by atoms with van der Waals surface area (Å²) in [7, 11) is 0.